The topological polar surface area (TPSA) is 107 Å². The summed E-state index contributed by atoms with van der Waals surface area (Å²) in [4.78, 5) is 12.7. The molecule has 2 aliphatic rings. The van der Waals surface area contributed by atoms with Crippen LogP contribution in [0.1, 0.15) is 60.9 Å². The molecule has 0 spiro atoms. The lowest BCUT2D eigenvalue weighted by molar-refractivity contribution is -0.164. The summed E-state index contributed by atoms with van der Waals surface area (Å²) in [5, 5.41) is 0.212. The van der Waals surface area contributed by atoms with Gasteiger partial charge in [0.1, 0.15) is 11.6 Å². The quantitative estimate of drug-likeness (QED) is 0.167. The molecule has 194 valence electrons. The molecule has 0 N–H and O–H groups in total. The van der Waals surface area contributed by atoms with Crippen molar-refractivity contribution in [3.8, 4) is 0 Å². The van der Waals surface area contributed by atoms with Gasteiger partial charge in [-0.2, -0.15) is 4.98 Å². The first-order valence-electron chi connectivity index (χ1n) is 11.5. The highest BCUT2D eigenvalue weighted by molar-refractivity contribution is 7.48. The van der Waals surface area contributed by atoms with Crippen LogP contribution in [0.15, 0.2) is 18.7 Å². The van der Waals surface area contributed by atoms with E-state index in [0.717, 1.165) is 0 Å². The Balaban J connectivity index is 1.65. The number of nitrogens with zero attached hydrogens (tertiary/aromatic N) is 4. The zero-order chi connectivity index (χ0) is 25.8. The number of halogens is 2. The maximum atomic E-state index is 13.1. The number of ether oxygens (including phenoxy) is 2. The summed E-state index contributed by atoms with van der Waals surface area (Å²) < 4.78 is 44.1. The summed E-state index contributed by atoms with van der Waals surface area (Å²) in [5.41, 5.74) is 0.411. The molecular weight excluding hydrogens is 518 g/mol. The maximum Gasteiger partial charge on any atom is 0.529 e. The van der Waals surface area contributed by atoms with E-state index in [1.165, 1.54) is 6.26 Å². The van der Waals surface area contributed by atoms with E-state index in [-0.39, 0.29) is 40.9 Å². The fourth-order valence-corrected chi connectivity index (χ4v) is 6.45. The van der Waals surface area contributed by atoms with Gasteiger partial charge in [0.15, 0.2) is 16.6 Å². The molecule has 0 aromatic carbocycles. The summed E-state index contributed by atoms with van der Waals surface area (Å²) in [7, 11) is -3.80. The molecule has 2 fully saturated rings. The highest BCUT2D eigenvalue weighted by Gasteiger charge is 2.59. The van der Waals surface area contributed by atoms with E-state index in [2.05, 4.69) is 15.0 Å². The van der Waals surface area contributed by atoms with E-state index in [9.17, 15) is 4.57 Å². The minimum absolute atomic E-state index is 0.0323. The Hall–Kier alpha value is -1.26. The molecule has 1 saturated heterocycles. The summed E-state index contributed by atoms with van der Waals surface area (Å²) >= 11 is 12.3. The Kier molecular flexibility index (Phi) is 7.32. The van der Waals surface area contributed by atoms with Crippen molar-refractivity contribution < 1.29 is 27.6 Å². The van der Waals surface area contributed by atoms with Crippen LogP contribution in [0.4, 0.5) is 0 Å². The molecule has 1 aliphatic heterocycles. The van der Waals surface area contributed by atoms with E-state index >= 15 is 0 Å². The number of hydrogen-bond acceptors (Lipinski definition) is 9. The Morgan fingerprint density at radius 1 is 1.14 bits per heavy atom. The predicted octanol–water partition coefficient (Wildman–Crippen LogP) is 6.09. The van der Waals surface area contributed by atoms with Gasteiger partial charge in [-0.25, -0.2) is 14.5 Å². The average molecular weight is 549 g/mol. The van der Waals surface area contributed by atoms with Gasteiger partial charge in [0.05, 0.1) is 36.9 Å². The van der Waals surface area contributed by atoms with Crippen LogP contribution in [0.5, 0.6) is 0 Å². The molecule has 0 bridgehead atoms. The summed E-state index contributed by atoms with van der Waals surface area (Å²) in [5.74, 6) is -0.804. The summed E-state index contributed by atoms with van der Waals surface area (Å²) in [6.45, 7) is 12.8. The van der Waals surface area contributed by atoms with Gasteiger partial charge in [0, 0.05) is 5.41 Å². The van der Waals surface area contributed by atoms with Gasteiger partial charge in [0.25, 0.3) is 0 Å². The second kappa shape index (κ2) is 9.56. The fraction of sp³-hybridized carbons (Fsp3) is 0.682. The molecule has 13 heteroatoms. The van der Waals surface area contributed by atoms with Gasteiger partial charge >= 0.3 is 7.82 Å². The van der Waals surface area contributed by atoms with Crippen LogP contribution < -0.4 is 0 Å². The zero-order valence-electron chi connectivity index (χ0n) is 20.8. The zero-order valence-corrected chi connectivity index (χ0v) is 23.2. The van der Waals surface area contributed by atoms with Crippen LogP contribution in [-0.4, -0.2) is 49.7 Å². The lowest BCUT2D eigenvalue weighted by Crippen LogP contribution is -2.32. The first-order valence-corrected chi connectivity index (χ1v) is 13.7. The Bertz CT molecular complexity index is 1160. The van der Waals surface area contributed by atoms with Gasteiger partial charge in [-0.1, -0.05) is 18.5 Å². The van der Waals surface area contributed by atoms with Gasteiger partial charge in [0.2, 0.25) is 5.28 Å². The Labute approximate surface area is 214 Å². The van der Waals surface area contributed by atoms with E-state index in [4.69, 9.17) is 46.2 Å². The Morgan fingerprint density at radius 3 is 2.43 bits per heavy atom. The van der Waals surface area contributed by atoms with Gasteiger partial charge < -0.3 is 18.6 Å². The van der Waals surface area contributed by atoms with Crippen molar-refractivity contribution in [2.45, 2.75) is 91.1 Å². The second-order valence-corrected chi connectivity index (χ2v) is 12.3. The van der Waals surface area contributed by atoms with E-state index < -0.39 is 19.0 Å². The number of hydrogen-bond donors (Lipinski definition) is 0. The largest absolute Gasteiger partial charge is 0.529 e. The van der Waals surface area contributed by atoms with Crippen LogP contribution in [0.2, 0.25) is 10.4 Å². The lowest BCUT2D eigenvalue weighted by Gasteiger charge is -2.29. The van der Waals surface area contributed by atoms with E-state index in [1.54, 1.807) is 34.0 Å². The summed E-state index contributed by atoms with van der Waals surface area (Å²) in [6.07, 6.45) is 4.11. The fourth-order valence-electron chi connectivity index (χ4n) is 4.63. The molecule has 3 heterocycles. The summed E-state index contributed by atoms with van der Waals surface area (Å²) in [6, 6.07) is -0.200. The minimum atomic E-state index is -3.80. The molecule has 1 aliphatic carbocycles. The number of phosphoric acid groups is 1. The molecular formula is C22H31Cl2N4O6P. The first kappa shape index (κ1) is 26.8. The third kappa shape index (κ3) is 5.54. The molecule has 2 aromatic heterocycles. The number of fused-ring (bicyclic) bond motifs is 2. The number of phosphoric ester groups is 1. The number of rotatable bonds is 8. The molecule has 35 heavy (non-hydrogen) atoms. The Morgan fingerprint density at radius 2 is 1.80 bits per heavy atom. The van der Waals surface area contributed by atoms with Crippen molar-refractivity contribution in [1.82, 2.24) is 19.5 Å². The first-order chi connectivity index (χ1) is 16.2. The van der Waals surface area contributed by atoms with Crippen molar-refractivity contribution in [3.63, 3.8) is 0 Å². The molecule has 0 unspecified atom stereocenters. The lowest BCUT2D eigenvalue weighted by atomic mass is 9.86. The van der Waals surface area contributed by atoms with Gasteiger partial charge in [-0.15, -0.1) is 0 Å². The molecule has 4 rings (SSSR count). The van der Waals surface area contributed by atoms with Crippen LogP contribution >= 0.6 is 31.0 Å². The van der Waals surface area contributed by atoms with Gasteiger partial charge in [-0.3, -0.25) is 9.05 Å². The smallest absolute Gasteiger partial charge is 0.412 e. The maximum absolute atomic E-state index is 13.1. The van der Waals surface area contributed by atoms with Gasteiger partial charge in [-0.05, 0) is 65.6 Å². The monoisotopic (exact) mass is 548 g/mol. The normalized spacial score (nSPS) is 28.6. The van der Waals surface area contributed by atoms with Crippen LogP contribution in [0, 0.1) is 5.41 Å². The number of aromatic nitrogens is 4. The third-order valence-corrected chi connectivity index (χ3v) is 8.01. The molecule has 1 saturated carbocycles. The second-order valence-electron chi connectivity index (χ2n) is 10.1. The van der Waals surface area contributed by atoms with Crippen molar-refractivity contribution in [2.75, 3.05) is 0 Å². The molecule has 0 amide bonds. The van der Waals surface area contributed by atoms with Crippen molar-refractivity contribution in [2.24, 2.45) is 5.41 Å². The highest BCUT2D eigenvalue weighted by atomic mass is 35.5. The van der Waals surface area contributed by atoms with Crippen molar-refractivity contribution >= 4 is 42.2 Å². The van der Waals surface area contributed by atoms with E-state index in [0.29, 0.717) is 17.6 Å². The minimum Gasteiger partial charge on any atom is -0.412 e. The molecule has 10 nitrogen and oxygen atoms in total. The molecule has 4 atom stereocenters. The van der Waals surface area contributed by atoms with E-state index in [1.807, 2.05) is 31.4 Å². The number of imidazole rings is 1. The highest BCUT2D eigenvalue weighted by Crippen LogP contribution is 2.56. The van der Waals surface area contributed by atoms with Crippen LogP contribution in [0.3, 0.4) is 0 Å². The van der Waals surface area contributed by atoms with Crippen LogP contribution in [-0.2, 0) is 27.6 Å². The third-order valence-electron chi connectivity index (χ3n) is 5.83. The predicted molar refractivity (Wildman–Crippen MR) is 131 cm³/mol. The van der Waals surface area contributed by atoms with Crippen LogP contribution in [0.25, 0.3) is 11.2 Å². The van der Waals surface area contributed by atoms with Crippen molar-refractivity contribution in [1.29, 1.82) is 0 Å². The molecule has 0 radical (unpaired) electrons. The average Bonchev–Trinajstić information content (AvgIpc) is 3.32. The molecule has 2 aromatic rings. The standard InChI is InChI=1S/C22H31Cl2N4O6P/c1-12(2)33-35(29,34-13(3)4)30-9-8-22(7)10-14(16-17(22)32-21(5,6)31-16)28-11-25-15-18(23)26-20(24)27-19(15)28/h8-9,11-14,16-17H,10H2,1-7H3/b9-8+/t14-,16+,17+,22+/m1/s1. The SMILES string of the molecule is CC(C)OP(=O)(O/C=C/[C@@]1(C)C[C@@H](n2cnc3c(Cl)nc(Cl)nc32)[C@@H]2OC(C)(C)O[C@@H]21)OC(C)C. The van der Waals surface area contributed by atoms with Crippen molar-refractivity contribution in [3.05, 3.63) is 29.1 Å².